The van der Waals surface area contributed by atoms with Gasteiger partial charge in [0.25, 0.3) is 0 Å². The van der Waals surface area contributed by atoms with Gasteiger partial charge in [0.1, 0.15) is 5.82 Å². The van der Waals surface area contributed by atoms with Gasteiger partial charge in [0.2, 0.25) is 5.60 Å². The van der Waals surface area contributed by atoms with Crippen LogP contribution in [0.4, 0.5) is 17.6 Å². The highest BCUT2D eigenvalue weighted by atomic mass is 19.4. The Bertz CT molecular complexity index is 1200. The molecule has 154 valence electrons. The molecule has 1 atom stereocenters. The van der Waals surface area contributed by atoms with Crippen molar-refractivity contribution >= 4 is 10.9 Å². The van der Waals surface area contributed by atoms with Crippen molar-refractivity contribution in [1.82, 2.24) is 9.78 Å². The van der Waals surface area contributed by atoms with Crippen LogP contribution in [-0.4, -0.2) is 26.2 Å². The maximum atomic E-state index is 14.1. The maximum Gasteiger partial charge on any atom is 0.425 e. The van der Waals surface area contributed by atoms with Crippen molar-refractivity contribution in [3.8, 4) is 5.69 Å². The Kier molecular flexibility index (Phi) is 4.83. The topological polar surface area (TPSA) is 58.3 Å². The molecule has 0 bridgehead atoms. The summed E-state index contributed by atoms with van der Waals surface area (Å²) < 4.78 is 57.4. The van der Waals surface area contributed by atoms with Gasteiger partial charge in [0.05, 0.1) is 24.0 Å². The molecule has 0 saturated heterocycles. The number of benzene rings is 3. The van der Waals surface area contributed by atoms with Gasteiger partial charge in [-0.05, 0) is 47.5 Å². The number of rotatable bonds is 4. The summed E-state index contributed by atoms with van der Waals surface area (Å²) in [5.41, 5.74) is -3.47. The van der Waals surface area contributed by atoms with Gasteiger partial charge in [0.15, 0.2) is 0 Å². The van der Waals surface area contributed by atoms with E-state index in [1.807, 2.05) is 18.2 Å². The molecule has 0 aliphatic rings. The zero-order chi connectivity index (χ0) is 21.5. The number of halogens is 4. The van der Waals surface area contributed by atoms with Crippen LogP contribution in [0.2, 0.25) is 0 Å². The molecule has 1 unspecified atom stereocenters. The van der Waals surface area contributed by atoms with Crippen LogP contribution in [0.3, 0.4) is 0 Å². The van der Waals surface area contributed by atoms with Crippen LogP contribution in [0.5, 0.6) is 0 Å². The number of hydrogen-bond acceptors (Lipinski definition) is 3. The summed E-state index contributed by atoms with van der Waals surface area (Å²) in [4.78, 5) is 0. The lowest BCUT2D eigenvalue weighted by molar-refractivity contribution is -0.248. The molecule has 1 aromatic heterocycles. The molecule has 30 heavy (non-hydrogen) atoms. The number of aliphatic hydroxyl groups is 2. The Balaban J connectivity index is 1.88. The average molecular weight is 416 g/mol. The maximum absolute atomic E-state index is 14.1. The van der Waals surface area contributed by atoms with E-state index < -0.39 is 35.3 Å². The van der Waals surface area contributed by atoms with Crippen LogP contribution in [-0.2, 0) is 12.2 Å². The van der Waals surface area contributed by atoms with E-state index in [9.17, 15) is 27.8 Å². The second-order valence-corrected chi connectivity index (χ2v) is 6.84. The summed E-state index contributed by atoms with van der Waals surface area (Å²) in [6.07, 6.45) is -3.69. The predicted octanol–water partition coefficient (Wildman–Crippen LogP) is 4.46. The van der Waals surface area contributed by atoms with Gasteiger partial charge < -0.3 is 10.2 Å². The minimum absolute atomic E-state index is 0.340. The van der Waals surface area contributed by atoms with E-state index in [4.69, 9.17) is 0 Å². The van der Waals surface area contributed by atoms with Crippen LogP contribution >= 0.6 is 0 Å². The molecule has 0 spiro atoms. The van der Waals surface area contributed by atoms with Crippen molar-refractivity contribution in [1.29, 1.82) is 0 Å². The summed E-state index contributed by atoms with van der Waals surface area (Å²) >= 11 is 0. The number of aromatic nitrogens is 2. The summed E-state index contributed by atoms with van der Waals surface area (Å²) in [5.74, 6) is -0.856. The van der Waals surface area contributed by atoms with E-state index in [-0.39, 0.29) is 5.56 Å². The molecule has 0 aliphatic carbocycles. The van der Waals surface area contributed by atoms with Crippen molar-refractivity contribution < 1.29 is 27.8 Å². The minimum atomic E-state index is -5.10. The third kappa shape index (κ3) is 3.14. The first-order chi connectivity index (χ1) is 14.3. The molecule has 0 saturated carbocycles. The summed E-state index contributed by atoms with van der Waals surface area (Å²) in [7, 11) is 0. The molecular weight excluding hydrogens is 400 g/mol. The molecule has 0 aliphatic heterocycles. The molecule has 3 aromatic carbocycles. The molecule has 4 rings (SSSR count). The van der Waals surface area contributed by atoms with Crippen LogP contribution < -0.4 is 0 Å². The molecule has 2 N–H and O–H groups in total. The highest BCUT2D eigenvalue weighted by Gasteiger charge is 2.56. The molecule has 0 amide bonds. The smallest absolute Gasteiger partial charge is 0.392 e. The van der Waals surface area contributed by atoms with Gasteiger partial charge in [-0.15, -0.1) is 0 Å². The van der Waals surface area contributed by atoms with Gasteiger partial charge in [-0.3, -0.25) is 0 Å². The standard InChI is InChI=1S/C22H16F4N2O2/c23-19-8-6-16(11-15(19)13-29)21(30,22(24,25)26)17-7-9-20-14(10-17)12-27-28(20)18-4-2-1-3-5-18/h1-12,29-30H,13H2. The van der Waals surface area contributed by atoms with Crippen molar-refractivity contribution in [3.63, 3.8) is 0 Å². The average Bonchev–Trinajstić information content (AvgIpc) is 3.16. The largest absolute Gasteiger partial charge is 0.425 e. The fraction of sp³-hybridized carbons (Fsp3) is 0.136. The predicted molar refractivity (Wildman–Crippen MR) is 102 cm³/mol. The quantitative estimate of drug-likeness (QED) is 0.483. The Labute approximate surface area is 168 Å². The number of aliphatic hydroxyl groups excluding tert-OH is 1. The molecule has 8 heteroatoms. The Morgan fingerprint density at radius 3 is 2.23 bits per heavy atom. The molecule has 0 fully saturated rings. The van der Waals surface area contributed by atoms with E-state index in [0.717, 1.165) is 23.9 Å². The highest BCUT2D eigenvalue weighted by molar-refractivity contribution is 5.81. The van der Waals surface area contributed by atoms with E-state index >= 15 is 0 Å². The Hall–Kier alpha value is -3.23. The molecule has 0 radical (unpaired) electrons. The van der Waals surface area contributed by atoms with Crippen LogP contribution in [0, 0.1) is 5.82 Å². The van der Waals surface area contributed by atoms with Gasteiger partial charge >= 0.3 is 6.18 Å². The minimum Gasteiger partial charge on any atom is -0.392 e. The zero-order valence-electron chi connectivity index (χ0n) is 15.4. The Morgan fingerprint density at radius 2 is 1.57 bits per heavy atom. The third-order valence-corrected chi connectivity index (χ3v) is 5.03. The van der Waals surface area contributed by atoms with Crippen LogP contribution in [0.15, 0.2) is 72.9 Å². The second kappa shape index (κ2) is 7.23. The van der Waals surface area contributed by atoms with Crippen molar-refractivity contribution in [2.24, 2.45) is 0 Å². The first-order valence-corrected chi connectivity index (χ1v) is 8.98. The first-order valence-electron chi connectivity index (χ1n) is 8.98. The number of hydrogen-bond donors (Lipinski definition) is 2. The SMILES string of the molecule is OCc1cc(C(O)(c2ccc3c(cnn3-c3ccccc3)c2)C(F)(F)F)ccc1F. The van der Waals surface area contributed by atoms with Crippen molar-refractivity contribution in [2.45, 2.75) is 18.4 Å². The van der Waals surface area contributed by atoms with Gasteiger partial charge in [-0.2, -0.15) is 18.3 Å². The number of fused-ring (bicyclic) bond motifs is 1. The van der Waals surface area contributed by atoms with Crippen LogP contribution in [0.1, 0.15) is 16.7 Å². The summed E-state index contributed by atoms with van der Waals surface area (Å²) in [6.45, 7) is -0.795. The first kappa shape index (κ1) is 20.1. The van der Waals surface area contributed by atoms with Gasteiger partial charge in [0, 0.05) is 10.9 Å². The van der Waals surface area contributed by atoms with Crippen molar-refractivity contribution in [3.05, 3.63) is 95.4 Å². The zero-order valence-corrected chi connectivity index (χ0v) is 15.4. The van der Waals surface area contributed by atoms with Crippen molar-refractivity contribution in [2.75, 3.05) is 0 Å². The van der Waals surface area contributed by atoms with E-state index in [1.165, 1.54) is 24.4 Å². The molecule has 4 nitrogen and oxygen atoms in total. The fourth-order valence-corrected chi connectivity index (χ4v) is 3.45. The summed E-state index contributed by atoms with van der Waals surface area (Å²) in [5, 5.41) is 24.7. The molecule has 1 heterocycles. The van der Waals surface area contributed by atoms with E-state index in [1.54, 1.807) is 16.8 Å². The highest BCUT2D eigenvalue weighted by Crippen LogP contribution is 2.45. The summed E-state index contributed by atoms with van der Waals surface area (Å²) in [6, 6.07) is 15.4. The van der Waals surface area contributed by atoms with E-state index in [2.05, 4.69) is 5.10 Å². The second-order valence-electron chi connectivity index (χ2n) is 6.84. The van der Waals surface area contributed by atoms with Crippen LogP contribution in [0.25, 0.3) is 16.6 Å². The van der Waals surface area contributed by atoms with Gasteiger partial charge in [-0.25, -0.2) is 9.07 Å². The Morgan fingerprint density at radius 1 is 0.900 bits per heavy atom. The molecular formula is C22H16F4N2O2. The third-order valence-electron chi connectivity index (χ3n) is 5.03. The number of alkyl halides is 3. The number of para-hydroxylation sites is 1. The lowest BCUT2D eigenvalue weighted by Gasteiger charge is -2.32. The lowest BCUT2D eigenvalue weighted by atomic mass is 9.84. The van der Waals surface area contributed by atoms with E-state index in [0.29, 0.717) is 10.9 Å². The normalized spacial score (nSPS) is 14.1. The monoisotopic (exact) mass is 416 g/mol. The molecule has 4 aromatic rings. The number of nitrogens with zero attached hydrogens (tertiary/aromatic N) is 2. The fourth-order valence-electron chi connectivity index (χ4n) is 3.45. The lowest BCUT2D eigenvalue weighted by Crippen LogP contribution is -2.43. The van der Waals surface area contributed by atoms with Gasteiger partial charge in [-0.1, -0.05) is 30.3 Å².